The molecule has 2 saturated heterocycles. The van der Waals surface area contributed by atoms with Crippen LogP contribution in [0, 0.1) is 5.92 Å². The number of anilines is 2. The molecule has 10 heteroatoms. The second-order valence-electron chi connectivity index (χ2n) is 8.76. The summed E-state index contributed by atoms with van der Waals surface area (Å²) in [6, 6.07) is 1.73. The van der Waals surface area contributed by atoms with Gasteiger partial charge >= 0.3 is 0 Å². The van der Waals surface area contributed by atoms with Gasteiger partial charge in [-0.3, -0.25) is 9.78 Å². The Bertz CT molecular complexity index is 941. The average molecular weight is 461 g/mol. The Morgan fingerprint density at radius 2 is 2.19 bits per heavy atom. The van der Waals surface area contributed by atoms with E-state index in [1.165, 1.54) is 6.20 Å². The van der Waals surface area contributed by atoms with E-state index in [-0.39, 0.29) is 23.5 Å². The van der Waals surface area contributed by atoms with Gasteiger partial charge in [0.05, 0.1) is 53.9 Å². The lowest BCUT2D eigenvalue weighted by molar-refractivity contribution is -0.170. The lowest BCUT2D eigenvalue weighted by Crippen LogP contribution is -2.44. The van der Waals surface area contributed by atoms with Crippen molar-refractivity contribution in [2.45, 2.75) is 38.4 Å². The molecule has 4 rings (SSSR count). The zero-order valence-corrected chi connectivity index (χ0v) is 19.1. The number of nitrogens with zero attached hydrogens (tertiary/aromatic N) is 3. The summed E-state index contributed by atoms with van der Waals surface area (Å²) in [5.74, 6) is 0.934. The standard InChI is InChI=1S/C22H29ClN6O3/c1-22(2)13-31-15(12-32-22)8-26-20-11-25-10-18(28-20)16-6-19(27-9-17(16)23)29-21(30)14-4-3-5-24-7-14/h6,9-11,14-15,24H,3-5,7-8,12-13H2,1-2H3,(H,26,28)(H,27,29,30)/t14-,15+/m1/s1. The van der Waals surface area contributed by atoms with Gasteiger partial charge in [0.2, 0.25) is 5.91 Å². The molecule has 0 spiro atoms. The summed E-state index contributed by atoms with van der Waals surface area (Å²) in [5.41, 5.74) is 0.975. The Balaban J connectivity index is 1.41. The summed E-state index contributed by atoms with van der Waals surface area (Å²) in [7, 11) is 0. The lowest BCUT2D eigenvalue weighted by Gasteiger charge is -2.35. The van der Waals surface area contributed by atoms with Crippen molar-refractivity contribution in [1.29, 1.82) is 0 Å². The molecule has 1 amide bonds. The van der Waals surface area contributed by atoms with Gasteiger partial charge in [-0.15, -0.1) is 0 Å². The fourth-order valence-electron chi connectivity index (χ4n) is 3.65. The summed E-state index contributed by atoms with van der Waals surface area (Å²) in [5, 5.41) is 9.82. The Morgan fingerprint density at radius 1 is 1.31 bits per heavy atom. The predicted octanol–water partition coefficient (Wildman–Crippen LogP) is 2.74. The monoisotopic (exact) mass is 460 g/mol. The molecule has 2 aliphatic heterocycles. The van der Waals surface area contributed by atoms with Gasteiger partial charge in [-0.1, -0.05) is 11.6 Å². The fourth-order valence-corrected chi connectivity index (χ4v) is 3.85. The number of halogens is 1. The van der Waals surface area contributed by atoms with Crippen LogP contribution >= 0.6 is 11.6 Å². The highest BCUT2D eigenvalue weighted by Crippen LogP contribution is 2.28. The van der Waals surface area contributed by atoms with Crippen LogP contribution < -0.4 is 16.0 Å². The first-order valence-electron chi connectivity index (χ1n) is 10.9. The Morgan fingerprint density at radius 3 is 2.94 bits per heavy atom. The first kappa shape index (κ1) is 22.8. The van der Waals surface area contributed by atoms with Crippen LogP contribution in [0.3, 0.4) is 0 Å². The van der Waals surface area contributed by atoms with E-state index in [4.69, 9.17) is 21.1 Å². The zero-order valence-electron chi connectivity index (χ0n) is 18.4. The normalized spacial score (nSPS) is 22.8. The van der Waals surface area contributed by atoms with Gasteiger partial charge in [0, 0.05) is 24.8 Å². The highest BCUT2D eigenvalue weighted by atomic mass is 35.5. The van der Waals surface area contributed by atoms with E-state index < -0.39 is 0 Å². The Hall–Kier alpha value is -2.33. The molecule has 0 aliphatic carbocycles. The van der Waals surface area contributed by atoms with Gasteiger partial charge in [-0.25, -0.2) is 9.97 Å². The molecule has 0 bridgehead atoms. The quantitative estimate of drug-likeness (QED) is 0.603. The van der Waals surface area contributed by atoms with Crippen molar-refractivity contribution in [2.75, 3.05) is 43.5 Å². The van der Waals surface area contributed by atoms with Crippen molar-refractivity contribution < 1.29 is 14.3 Å². The second-order valence-corrected chi connectivity index (χ2v) is 9.16. The third-order valence-corrected chi connectivity index (χ3v) is 5.82. The van der Waals surface area contributed by atoms with Crippen LogP contribution in [0.5, 0.6) is 0 Å². The molecule has 2 aliphatic rings. The van der Waals surface area contributed by atoms with Gasteiger partial charge in [-0.05, 0) is 39.3 Å². The van der Waals surface area contributed by atoms with E-state index in [0.29, 0.717) is 54.2 Å². The molecule has 2 aromatic heterocycles. The smallest absolute Gasteiger partial charge is 0.229 e. The maximum absolute atomic E-state index is 12.5. The summed E-state index contributed by atoms with van der Waals surface area (Å²) < 4.78 is 11.6. The van der Waals surface area contributed by atoms with E-state index in [2.05, 4.69) is 30.9 Å². The largest absolute Gasteiger partial charge is 0.371 e. The molecule has 4 heterocycles. The summed E-state index contributed by atoms with van der Waals surface area (Å²) in [6.45, 7) is 7.26. The van der Waals surface area contributed by atoms with Gasteiger partial charge < -0.3 is 25.4 Å². The van der Waals surface area contributed by atoms with E-state index in [1.807, 2.05) is 13.8 Å². The third kappa shape index (κ3) is 5.92. The molecule has 2 fully saturated rings. The average Bonchev–Trinajstić information content (AvgIpc) is 2.80. The van der Waals surface area contributed by atoms with Gasteiger partial charge in [0.1, 0.15) is 11.6 Å². The van der Waals surface area contributed by atoms with Gasteiger partial charge in [-0.2, -0.15) is 0 Å². The van der Waals surface area contributed by atoms with Gasteiger partial charge in [0.25, 0.3) is 0 Å². The van der Waals surface area contributed by atoms with E-state index >= 15 is 0 Å². The molecule has 0 aromatic carbocycles. The van der Waals surface area contributed by atoms with Crippen molar-refractivity contribution in [3.05, 3.63) is 29.7 Å². The molecule has 2 aromatic rings. The van der Waals surface area contributed by atoms with E-state index in [0.717, 1.165) is 19.4 Å². The topological polar surface area (TPSA) is 110 Å². The van der Waals surface area contributed by atoms with Crippen LogP contribution in [0.15, 0.2) is 24.7 Å². The van der Waals surface area contributed by atoms with Crippen LogP contribution in [0.25, 0.3) is 11.3 Å². The summed E-state index contributed by atoms with van der Waals surface area (Å²) >= 11 is 6.38. The number of amides is 1. The molecule has 32 heavy (non-hydrogen) atoms. The van der Waals surface area contributed by atoms with Crippen LogP contribution in [0.4, 0.5) is 11.6 Å². The second kappa shape index (κ2) is 10.1. The SMILES string of the molecule is CC1(C)CO[C@@H](CNc2cncc(-c3cc(NC(=O)[C@@H]4CCCNC4)ncc3Cl)n2)CO1. The minimum absolute atomic E-state index is 0.0441. The lowest BCUT2D eigenvalue weighted by atomic mass is 9.99. The third-order valence-electron chi connectivity index (χ3n) is 5.52. The highest BCUT2D eigenvalue weighted by molar-refractivity contribution is 6.33. The predicted molar refractivity (Wildman–Crippen MR) is 123 cm³/mol. The minimum Gasteiger partial charge on any atom is -0.371 e. The van der Waals surface area contributed by atoms with Crippen molar-refractivity contribution in [3.63, 3.8) is 0 Å². The van der Waals surface area contributed by atoms with E-state index in [1.54, 1.807) is 18.5 Å². The van der Waals surface area contributed by atoms with Crippen LogP contribution in [0.1, 0.15) is 26.7 Å². The van der Waals surface area contributed by atoms with Crippen molar-refractivity contribution in [1.82, 2.24) is 20.3 Å². The number of pyridine rings is 1. The summed E-state index contributed by atoms with van der Waals surface area (Å²) in [6.07, 6.45) is 6.59. The summed E-state index contributed by atoms with van der Waals surface area (Å²) in [4.78, 5) is 25.7. The molecular formula is C22H29ClN6O3. The molecule has 0 unspecified atom stereocenters. The molecule has 2 atom stereocenters. The highest BCUT2D eigenvalue weighted by Gasteiger charge is 2.28. The van der Waals surface area contributed by atoms with E-state index in [9.17, 15) is 4.79 Å². The van der Waals surface area contributed by atoms with Crippen molar-refractivity contribution in [3.8, 4) is 11.3 Å². The number of rotatable bonds is 6. The number of nitrogens with one attached hydrogen (secondary N) is 3. The number of carbonyl (C=O) groups excluding carboxylic acids is 1. The molecule has 9 nitrogen and oxygen atoms in total. The molecule has 0 saturated carbocycles. The maximum Gasteiger partial charge on any atom is 0.229 e. The first-order valence-corrected chi connectivity index (χ1v) is 11.3. The number of ether oxygens (including phenoxy) is 2. The molecular weight excluding hydrogens is 432 g/mol. The zero-order chi connectivity index (χ0) is 22.6. The minimum atomic E-state index is -0.255. The van der Waals surface area contributed by atoms with Crippen LogP contribution in [0.2, 0.25) is 5.02 Å². The van der Waals surface area contributed by atoms with Gasteiger partial charge in [0.15, 0.2) is 0 Å². The number of hydrogen-bond donors (Lipinski definition) is 3. The first-order chi connectivity index (χ1) is 15.4. The number of aromatic nitrogens is 3. The molecule has 3 N–H and O–H groups in total. The Labute approximate surface area is 192 Å². The van der Waals surface area contributed by atoms with Crippen molar-refractivity contribution in [2.24, 2.45) is 5.92 Å². The van der Waals surface area contributed by atoms with Crippen LogP contribution in [-0.4, -0.2) is 65.4 Å². The number of piperidine rings is 1. The van der Waals surface area contributed by atoms with Crippen molar-refractivity contribution >= 4 is 29.1 Å². The van der Waals surface area contributed by atoms with Crippen LogP contribution in [-0.2, 0) is 14.3 Å². The Kier molecular flexibility index (Phi) is 7.20. The number of carbonyl (C=O) groups is 1. The fraction of sp³-hybridized carbons (Fsp3) is 0.545. The maximum atomic E-state index is 12.5. The number of hydrogen-bond acceptors (Lipinski definition) is 8. The molecule has 172 valence electrons. The molecule has 0 radical (unpaired) electrons.